The van der Waals surface area contributed by atoms with Crippen molar-refractivity contribution in [3.63, 3.8) is 0 Å². The van der Waals surface area contributed by atoms with Crippen molar-refractivity contribution in [1.82, 2.24) is 42.5 Å². The summed E-state index contributed by atoms with van der Waals surface area (Å²) in [6, 6.07) is -5.32. The lowest BCUT2D eigenvalue weighted by Crippen LogP contribution is -2.67. The minimum absolute atomic E-state index is 0.00374. The van der Waals surface area contributed by atoms with Gasteiger partial charge in [-0.1, -0.05) is 213 Å². The molecule has 0 bridgehead atoms. The molecule has 40 unspecified atom stereocenters. The molecular formula is C134H214N8O8. The van der Waals surface area contributed by atoms with Crippen molar-refractivity contribution in [2.75, 3.05) is 33.2 Å². The van der Waals surface area contributed by atoms with Crippen molar-refractivity contribution in [2.24, 2.45) is 227 Å². The summed E-state index contributed by atoms with van der Waals surface area (Å²) in [4.78, 5) is 131. The Hall–Kier alpha value is -5.12. The van der Waals surface area contributed by atoms with E-state index in [1.165, 1.54) is 142 Å². The van der Waals surface area contributed by atoms with Gasteiger partial charge in [-0.25, -0.2) is 0 Å². The highest BCUT2D eigenvalue weighted by Crippen LogP contribution is 2.85. The van der Waals surface area contributed by atoms with E-state index in [1.807, 2.05) is 0 Å². The molecule has 0 saturated heterocycles. The molecule has 20 fully saturated rings. The van der Waals surface area contributed by atoms with Crippen LogP contribution in [0.1, 0.15) is 456 Å². The molecule has 20 aliphatic carbocycles. The van der Waals surface area contributed by atoms with Gasteiger partial charge in [0.25, 0.3) is 0 Å². The van der Waals surface area contributed by atoms with Crippen LogP contribution in [0.3, 0.4) is 0 Å². The van der Waals surface area contributed by atoms with E-state index in [2.05, 4.69) is 209 Å². The van der Waals surface area contributed by atoms with E-state index in [-0.39, 0.29) is 191 Å². The average molecular weight is 2070 g/mol. The number of carbonyl (C=O) groups excluding carboxylic acids is 8. The van der Waals surface area contributed by atoms with Crippen LogP contribution in [0.4, 0.5) is 0 Å². The summed E-state index contributed by atoms with van der Waals surface area (Å²) >= 11 is 0. The first-order valence-electron chi connectivity index (χ1n) is 62.9. The van der Waals surface area contributed by atoms with Crippen molar-refractivity contribution >= 4 is 47.1 Å². The Morgan fingerprint density at radius 1 is 0.233 bits per heavy atom. The quantitative estimate of drug-likeness (QED) is 0.0429. The van der Waals surface area contributed by atoms with E-state index >= 15 is 33.6 Å². The third-order valence-corrected chi connectivity index (χ3v) is 57.7. The van der Waals surface area contributed by atoms with Crippen LogP contribution >= 0.6 is 0 Å². The summed E-state index contributed by atoms with van der Waals surface area (Å²) in [6.07, 6.45) is 46.7. The van der Waals surface area contributed by atoms with Crippen molar-refractivity contribution in [1.29, 1.82) is 0 Å². The van der Waals surface area contributed by atoms with E-state index in [0.717, 1.165) is 138 Å². The minimum Gasteiger partial charge on any atom is -0.354 e. The van der Waals surface area contributed by atoms with E-state index in [1.54, 1.807) is 7.05 Å². The van der Waals surface area contributed by atoms with Gasteiger partial charge in [-0.2, -0.15) is 0 Å². The molecule has 7 amide bonds. The Labute approximate surface area is 910 Å². The van der Waals surface area contributed by atoms with Gasteiger partial charge in [0, 0.05) is 26.2 Å². The topological polar surface area (TPSA) is 233 Å². The highest BCUT2D eigenvalue weighted by Gasteiger charge is 2.79. The van der Waals surface area contributed by atoms with Crippen molar-refractivity contribution < 1.29 is 38.4 Å². The van der Waals surface area contributed by atoms with Crippen molar-refractivity contribution in [3.05, 3.63) is 48.6 Å². The monoisotopic (exact) mass is 2060 g/mol. The molecule has 8 N–H and O–H groups in total. The van der Waals surface area contributed by atoms with Crippen LogP contribution in [0.2, 0.25) is 0 Å². The second-order valence-electron chi connectivity index (χ2n) is 64.2. The molecule has 20 aliphatic rings. The summed E-state index contributed by atoms with van der Waals surface area (Å²) in [7, 11) is 1.73. The first-order chi connectivity index (χ1) is 70.1. The highest BCUT2D eigenvalue weighted by molar-refractivity contribution is 5.97. The number of nitrogens with one attached hydrogen (secondary N) is 8. The van der Waals surface area contributed by atoms with Gasteiger partial charge in [-0.3, -0.25) is 38.4 Å². The zero-order valence-electron chi connectivity index (χ0n) is 99.9. The van der Waals surface area contributed by atoms with Gasteiger partial charge in [-0.15, -0.1) is 0 Å². The van der Waals surface area contributed by atoms with E-state index in [0.29, 0.717) is 102 Å². The number of rotatable bonds is 24. The molecule has 150 heavy (non-hydrogen) atoms. The fourth-order valence-corrected chi connectivity index (χ4v) is 49.9. The van der Waals surface area contributed by atoms with Crippen LogP contribution in [0, 0.1) is 227 Å². The average Bonchev–Trinajstić information content (AvgIpc) is 1.64. The third-order valence-electron chi connectivity index (χ3n) is 57.7. The van der Waals surface area contributed by atoms with Crippen LogP contribution in [-0.2, 0) is 38.4 Å². The zero-order chi connectivity index (χ0) is 108. The van der Waals surface area contributed by atoms with Crippen molar-refractivity contribution in [2.45, 2.75) is 480 Å². The predicted molar refractivity (Wildman–Crippen MR) is 606 cm³/mol. The van der Waals surface area contributed by atoms with Crippen LogP contribution in [0.5, 0.6) is 0 Å². The molecule has 20 saturated carbocycles. The van der Waals surface area contributed by atoms with Gasteiger partial charge in [0.2, 0.25) is 41.4 Å². The van der Waals surface area contributed by atoms with Gasteiger partial charge >= 0.3 is 0 Å². The Kier molecular flexibility index (Phi) is 28.1. The first-order valence-corrected chi connectivity index (χ1v) is 62.9. The van der Waals surface area contributed by atoms with Gasteiger partial charge in [0.1, 0.15) is 24.2 Å². The maximum absolute atomic E-state index is 16.9. The van der Waals surface area contributed by atoms with Crippen molar-refractivity contribution in [3.8, 4) is 0 Å². The fraction of sp³-hybridized carbons (Fsp3) is 0.881. The Bertz CT molecular complexity index is 5350. The minimum atomic E-state index is -1.54. The lowest BCUT2D eigenvalue weighted by atomic mass is 9.32. The van der Waals surface area contributed by atoms with Gasteiger partial charge in [0.05, 0.1) is 21.7 Å². The standard InChI is InChI=1S/C134H214N8O8/c1-79(2)84-43-63-131(71-67-123(22)88(104(84)131)35-39-100-119(18)55-31-51-115(10,11)96(119)47-59-127(100,123)26)111(147)136-75-92(83(9)143)140-109(145)94(77-138-113(149)133-65-45-86(81(5)6)106(133)90-37-41-102-121(20)57-33-53-117(14,15)98(121)49-61-129(102,28)125(90,24)69-73-133)142-110(146)95(78-139-114(150)134-66-46-87(82(7)8)107(134)91-38-42-103-122(21)58-34-54-118(16,17)99(122)50-62-130(103,29)126(91,25)70-74-134)141-108(144)93(135-30)76-137-112(148)132-64-44-85(80(3)4)105(132)89-36-40-101-120(19)56-32-52-116(12,13)97(120)48-60-128(101,27)124(89,23)68-72-132/h84-107,135H,1,3,5,7,31-78H2,2,4,6,8-30H3,(H,136,147)(H,137,148)(H,138,149)(H,139,150)(H,140,145)(H,141,144)(H,142,146). The summed E-state index contributed by atoms with van der Waals surface area (Å²) < 4.78 is 0. The molecule has 0 aromatic carbocycles. The summed E-state index contributed by atoms with van der Waals surface area (Å²) in [5.74, 6) is 4.08. The molecule has 40 atom stereocenters. The van der Waals surface area contributed by atoms with Crippen LogP contribution in [0.25, 0.3) is 0 Å². The number of hydrogen-bond acceptors (Lipinski definition) is 9. The molecule has 0 heterocycles. The Morgan fingerprint density at radius 3 is 0.667 bits per heavy atom. The van der Waals surface area contributed by atoms with Gasteiger partial charge < -0.3 is 42.5 Å². The largest absolute Gasteiger partial charge is 0.354 e. The maximum Gasteiger partial charge on any atom is 0.245 e. The Morgan fingerprint density at radius 2 is 0.447 bits per heavy atom. The number of amides is 7. The normalized spacial score (nSPS) is 48.8. The molecule has 0 aliphatic heterocycles. The molecule has 838 valence electrons. The number of likely N-dealkylation sites (N-methyl/N-ethyl adjacent to an activating group) is 1. The van der Waals surface area contributed by atoms with Crippen LogP contribution in [0.15, 0.2) is 48.6 Å². The predicted octanol–water partition coefficient (Wildman–Crippen LogP) is 27.3. The van der Waals surface area contributed by atoms with Gasteiger partial charge in [-0.05, 0) is 503 Å². The number of Topliss-reactive ketones (excluding diaryl/α,β-unsaturated/α-hetero) is 1. The third kappa shape index (κ3) is 15.9. The molecule has 16 heteroatoms. The van der Waals surface area contributed by atoms with E-state index < -0.39 is 63.5 Å². The number of ketones is 1. The second-order valence-corrected chi connectivity index (χ2v) is 64.2. The lowest BCUT2D eigenvalue weighted by molar-refractivity contribution is -0.235. The molecule has 0 aromatic rings. The summed E-state index contributed by atoms with van der Waals surface area (Å²) in [5.41, 5.74) is 3.86. The Balaban J connectivity index is 0.614. The summed E-state index contributed by atoms with van der Waals surface area (Å²) in [6.45, 7) is 80.4. The number of fused-ring (bicyclic) bond motifs is 28. The number of carbonyl (C=O) groups is 8. The smallest absolute Gasteiger partial charge is 0.245 e. The highest BCUT2D eigenvalue weighted by atomic mass is 16.2. The molecule has 20 rings (SSSR count). The SMILES string of the molecule is C=C(C)C1CCC2(C(=O)NCC(NC(=O)C(CNC(=O)C34CCC(C(=C)C)C3C3CCC5C6(C)CCCC(C)(C)C6CCC5(C)C3(C)CC4)NC(=O)C(CNC(=O)C34CCC(C(=C)C)C3C3CCC5C6(C)CCCC(C)(C)C6CCC5(C)C3(C)CC4)NC(=O)C(CNC(=O)C34CCC(C(=C)C)C3C3CCC5C6(C)CCCC(C)(C)C6CCC5(C)C3(C)CC4)NC)C(C)=O)CCC3(C)C(CCC4C5(C)CCCC(C)(C)C5CCC43C)C12. The molecule has 0 spiro atoms. The number of hydrogen-bond donors (Lipinski definition) is 8. The first kappa shape index (κ1) is 112. The lowest BCUT2D eigenvalue weighted by Gasteiger charge is -2.72. The van der Waals surface area contributed by atoms with E-state index in [9.17, 15) is 4.79 Å². The van der Waals surface area contributed by atoms with Gasteiger partial charge in [0.15, 0.2) is 5.78 Å². The molecule has 0 aromatic heterocycles. The fourth-order valence-electron chi connectivity index (χ4n) is 49.9. The maximum atomic E-state index is 16.9. The zero-order valence-corrected chi connectivity index (χ0v) is 99.9. The summed E-state index contributed by atoms with van der Waals surface area (Å²) in [5, 5.41) is 26.9. The van der Waals surface area contributed by atoms with E-state index in [4.69, 9.17) is 26.3 Å². The number of allylic oxidation sites excluding steroid dienone is 4. The van der Waals surface area contributed by atoms with Crippen LogP contribution < -0.4 is 42.5 Å². The second kappa shape index (κ2) is 37.8. The molecular weight excluding hydrogens is 1850 g/mol. The molecule has 16 nitrogen and oxygen atoms in total. The molecule has 0 radical (unpaired) electrons. The van der Waals surface area contributed by atoms with Crippen LogP contribution in [-0.4, -0.2) is 105 Å².